The van der Waals surface area contributed by atoms with Gasteiger partial charge in [-0.3, -0.25) is 4.79 Å². The lowest BCUT2D eigenvalue weighted by Crippen LogP contribution is -2.42. The number of aromatic amines is 2. The van der Waals surface area contributed by atoms with Crippen LogP contribution in [0, 0.1) is 0 Å². The van der Waals surface area contributed by atoms with Gasteiger partial charge in [0.1, 0.15) is 5.82 Å². The molecule has 4 aromatic rings. The summed E-state index contributed by atoms with van der Waals surface area (Å²) in [6, 6.07) is 13.0. The van der Waals surface area contributed by atoms with Crippen molar-refractivity contribution in [2.24, 2.45) is 5.73 Å². The molecule has 2 heterocycles. The molecule has 0 radical (unpaired) electrons. The number of H-pyrrole nitrogens is 2. The van der Waals surface area contributed by atoms with Crippen molar-refractivity contribution in [2.45, 2.75) is 25.3 Å². The summed E-state index contributed by atoms with van der Waals surface area (Å²) < 4.78 is 0. The molecule has 0 saturated carbocycles. The highest BCUT2D eigenvalue weighted by molar-refractivity contribution is 6.31. The van der Waals surface area contributed by atoms with Gasteiger partial charge in [-0.2, -0.15) is 0 Å². The number of amides is 1. The maximum Gasteiger partial charge on any atom is 0.237 e. The zero-order valence-electron chi connectivity index (χ0n) is 16.2. The number of carbonyl (C=O) groups is 1. The summed E-state index contributed by atoms with van der Waals surface area (Å²) in [5.74, 6) is 0.747. The van der Waals surface area contributed by atoms with Crippen LogP contribution in [0.1, 0.15) is 17.8 Å². The summed E-state index contributed by atoms with van der Waals surface area (Å²) >= 11 is 5.99. The zero-order valence-corrected chi connectivity index (χ0v) is 18.5. The summed E-state index contributed by atoms with van der Waals surface area (Å²) in [6.45, 7) is 0.554. The molecule has 4 rings (SSSR count). The SMILES string of the molecule is Cl.Cl.N[C@H](Cc1c[nH]c2ccccc12)C(=O)NCCCc1nc2ccc(Cl)cc2[nH]1. The van der Waals surface area contributed by atoms with E-state index < -0.39 is 6.04 Å². The Morgan fingerprint density at radius 2 is 1.97 bits per heavy atom. The highest BCUT2D eigenvalue weighted by Crippen LogP contribution is 2.19. The first-order valence-corrected chi connectivity index (χ1v) is 9.70. The summed E-state index contributed by atoms with van der Waals surface area (Å²) in [4.78, 5) is 23.3. The second-order valence-electron chi connectivity index (χ2n) is 6.91. The maximum absolute atomic E-state index is 12.3. The van der Waals surface area contributed by atoms with Gasteiger partial charge in [0.2, 0.25) is 5.91 Å². The predicted octanol–water partition coefficient (Wildman–Crippen LogP) is 4.16. The molecule has 0 bridgehead atoms. The minimum Gasteiger partial charge on any atom is -0.361 e. The quantitative estimate of drug-likeness (QED) is 0.306. The van der Waals surface area contributed by atoms with E-state index in [9.17, 15) is 4.79 Å². The van der Waals surface area contributed by atoms with E-state index in [1.54, 1.807) is 0 Å². The number of nitrogens with zero attached hydrogens (tertiary/aromatic N) is 1. The van der Waals surface area contributed by atoms with E-state index in [4.69, 9.17) is 17.3 Å². The number of rotatable bonds is 7. The van der Waals surface area contributed by atoms with E-state index in [0.717, 1.165) is 46.2 Å². The van der Waals surface area contributed by atoms with Crippen LogP contribution in [0.5, 0.6) is 0 Å². The molecule has 0 aliphatic carbocycles. The smallest absolute Gasteiger partial charge is 0.237 e. The fourth-order valence-electron chi connectivity index (χ4n) is 3.38. The number of nitrogens with one attached hydrogen (secondary N) is 3. The number of para-hydroxylation sites is 1. The molecule has 0 spiro atoms. The number of carbonyl (C=O) groups excluding carboxylic acids is 1. The number of nitrogens with two attached hydrogens (primary N) is 1. The molecule has 5 N–H and O–H groups in total. The van der Waals surface area contributed by atoms with Crippen LogP contribution in [0.25, 0.3) is 21.9 Å². The number of halogens is 3. The van der Waals surface area contributed by atoms with E-state index in [-0.39, 0.29) is 30.7 Å². The Morgan fingerprint density at radius 1 is 1.17 bits per heavy atom. The normalized spacial score (nSPS) is 11.7. The largest absolute Gasteiger partial charge is 0.361 e. The second-order valence-corrected chi connectivity index (χ2v) is 7.35. The molecule has 30 heavy (non-hydrogen) atoms. The summed E-state index contributed by atoms with van der Waals surface area (Å²) in [6.07, 6.45) is 3.94. The molecular weight excluding hydrogens is 445 g/mol. The van der Waals surface area contributed by atoms with Crippen molar-refractivity contribution in [1.82, 2.24) is 20.3 Å². The highest BCUT2D eigenvalue weighted by atomic mass is 35.5. The number of aromatic nitrogens is 3. The minimum atomic E-state index is -0.576. The molecule has 0 saturated heterocycles. The van der Waals surface area contributed by atoms with Crippen LogP contribution >= 0.6 is 36.4 Å². The fraction of sp³-hybridized carbons (Fsp3) is 0.238. The van der Waals surface area contributed by atoms with Gasteiger partial charge in [0.25, 0.3) is 0 Å². The van der Waals surface area contributed by atoms with Gasteiger partial charge in [-0.15, -0.1) is 24.8 Å². The molecule has 160 valence electrons. The predicted molar refractivity (Wildman–Crippen MR) is 127 cm³/mol. The molecule has 9 heteroatoms. The van der Waals surface area contributed by atoms with Crippen LogP contribution < -0.4 is 11.1 Å². The van der Waals surface area contributed by atoms with Gasteiger partial charge in [-0.25, -0.2) is 4.98 Å². The maximum atomic E-state index is 12.3. The molecule has 1 amide bonds. The van der Waals surface area contributed by atoms with Gasteiger partial charge in [0, 0.05) is 35.1 Å². The Balaban J connectivity index is 0.00000160. The highest BCUT2D eigenvalue weighted by Gasteiger charge is 2.15. The van der Waals surface area contributed by atoms with Crippen LogP contribution in [-0.4, -0.2) is 33.4 Å². The molecule has 6 nitrogen and oxygen atoms in total. The summed E-state index contributed by atoms with van der Waals surface area (Å²) in [7, 11) is 0. The van der Waals surface area contributed by atoms with Crippen molar-refractivity contribution in [3.05, 3.63) is 65.1 Å². The van der Waals surface area contributed by atoms with Gasteiger partial charge >= 0.3 is 0 Å². The molecule has 0 aliphatic heterocycles. The zero-order chi connectivity index (χ0) is 19.5. The molecule has 2 aromatic carbocycles. The lowest BCUT2D eigenvalue weighted by molar-refractivity contribution is -0.122. The Hall–Kier alpha value is -2.25. The Morgan fingerprint density at radius 3 is 2.80 bits per heavy atom. The first-order valence-electron chi connectivity index (χ1n) is 9.32. The van der Waals surface area contributed by atoms with Crippen molar-refractivity contribution >= 4 is 64.3 Å². The molecular formula is C21H24Cl3N5O. The number of aryl methyl sites for hydroxylation is 1. The fourth-order valence-corrected chi connectivity index (χ4v) is 3.55. The van der Waals surface area contributed by atoms with Crippen molar-refractivity contribution in [3.63, 3.8) is 0 Å². The third-order valence-electron chi connectivity index (χ3n) is 4.83. The van der Waals surface area contributed by atoms with E-state index in [0.29, 0.717) is 18.0 Å². The van der Waals surface area contributed by atoms with Gasteiger partial charge in [-0.1, -0.05) is 29.8 Å². The molecule has 0 fully saturated rings. The molecule has 0 unspecified atom stereocenters. The third-order valence-corrected chi connectivity index (χ3v) is 5.07. The van der Waals surface area contributed by atoms with Gasteiger partial charge < -0.3 is 21.0 Å². The van der Waals surface area contributed by atoms with Crippen molar-refractivity contribution < 1.29 is 4.79 Å². The lowest BCUT2D eigenvalue weighted by Gasteiger charge is -2.11. The van der Waals surface area contributed by atoms with Gasteiger partial charge in [0.15, 0.2) is 0 Å². The van der Waals surface area contributed by atoms with Crippen LogP contribution in [0.2, 0.25) is 5.02 Å². The van der Waals surface area contributed by atoms with E-state index in [1.807, 2.05) is 48.7 Å². The monoisotopic (exact) mass is 467 g/mol. The van der Waals surface area contributed by atoms with Crippen LogP contribution in [0.3, 0.4) is 0 Å². The number of benzene rings is 2. The third kappa shape index (κ3) is 5.46. The van der Waals surface area contributed by atoms with Gasteiger partial charge in [-0.05, 0) is 42.7 Å². The topological polar surface area (TPSA) is 99.6 Å². The summed E-state index contributed by atoms with van der Waals surface area (Å²) in [5, 5.41) is 4.71. The average Bonchev–Trinajstić information content (AvgIpc) is 3.28. The number of imidazole rings is 1. The Bertz CT molecular complexity index is 1120. The molecule has 2 aromatic heterocycles. The van der Waals surface area contributed by atoms with Crippen LogP contribution in [0.4, 0.5) is 0 Å². The van der Waals surface area contributed by atoms with Crippen LogP contribution in [0.15, 0.2) is 48.7 Å². The van der Waals surface area contributed by atoms with Crippen molar-refractivity contribution in [3.8, 4) is 0 Å². The van der Waals surface area contributed by atoms with Crippen molar-refractivity contribution in [2.75, 3.05) is 6.54 Å². The Labute approximate surface area is 191 Å². The van der Waals surface area contributed by atoms with E-state index in [1.165, 1.54) is 0 Å². The first-order chi connectivity index (χ1) is 13.6. The standard InChI is InChI=1S/C21H22ClN5O.2ClH/c22-14-7-8-18-19(11-14)27-20(26-18)6-3-9-24-21(28)16(23)10-13-12-25-17-5-2-1-4-15(13)17;;/h1-2,4-5,7-8,11-12,16,25H,3,6,9-10,23H2,(H,24,28)(H,26,27);2*1H/t16-;;/m1../s1. The van der Waals surface area contributed by atoms with E-state index >= 15 is 0 Å². The first kappa shape index (κ1) is 24.0. The Kier molecular flexibility index (Phi) is 8.55. The minimum absolute atomic E-state index is 0. The summed E-state index contributed by atoms with van der Waals surface area (Å²) in [5.41, 5.74) is 10.0. The lowest BCUT2D eigenvalue weighted by atomic mass is 10.1. The second kappa shape index (κ2) is 10.7. The van der Waals surface area contributed by atoms with E-state index in [2.05, 4.69) is 20.3 Å². The average molecular weight is 469 g/mol. The van der Waals surface area contributed by atoms with Crippen LogP contribution in [-0.2, 0) is 17.6 Å². The molecule has 0 aliphatic rings. The number of fused-ring (bicyclic) bond motifs is 2. The number of hydrogen-bond acceptors (Lipinski definition) is 3. The van der Waals surface area contributed by atoms with Gasteiger partial charge in [0.05, 0.1) is 17.1 Å². The number of hydrogen-bond donors (Lipinski definition) is 4. The van der Waals surface area contributed by atoms with Crippen molar-refractivity contribution in [1.29, 1.82) is 0 Å². The molecule has 1 atom stereocenters.